The fraction of sp³-hybridized carbons (Fsp3) is 0.538. The van der Waals surface area contributed by atoms with Crippen LogP contribution in [-0.2, 0) is 20.8 Å². The van der Waals surface area contributed by atoms with Crippen LogP contribution in [0, 0.1) is 13.8 Å². The number of hydrogen-bond acceptors (Lipinski definition) is 4. The van der Waals surface area contributed by atoms with E-state index in [-0.39, 0.29) is 0 Å². The van der Waals surface area contributed by atoms with Gasteiger partial charge in [0.1, 0.15) is 0 Å². The average molecular weight is 318 g/mol. The Morgan fingerprint density at radius 3 is 2.20 bits per heavy atom. The molecule has 1 atom stereocenters. The molecule has 7 heteroatoms. The summed E-state index contributed by atoms with van der Waals surface area (Å²) in [4.78, 5) is 0.328. The third-order valence-electron chi connectivity index (χ3n) is 2.92. The van der Waals surface area contributed by atoms with Crippen molar-refractivity contribution in [1.29, 1.82) is 0 Å². The minimum absolute atomic E-state index is 0.300. The lowest BCUT2D eigenvalue weighted by atomic mass is 10.1. The summed E-state index contributed by atoms with van der Waals surface area (Å²) in [6.07, 6.45) is 2.17. The third kappa shape index (κ3) is 4.57. The Morgan fingerprint density at radius 1 is 1.20 bits per heavy atom. The topological polar surface area (TPSA) is 75.3 Å². The van der Waals surface area contributed by atoms with Gasteiger partial charge < -0.3 is 5.32 Å². The fourth-order valence-corrected chi connectivity index (χ4v) is 4.15. The van der Waals surface area contributed by atoms with Gasteiger partial charge in [-0.1, -0.05) is 0 Å². The van der Waals surface area contributed by atoms with Crippen LogP contribution in [-0.4, -0.2) is 38.2 Å². The number of nitrogens with one attached hydrogen (secondary N) is 2. The van der Waals surface area contributed by atoms with Crippen LogP contribution in [0.5, 0.6) is 0 Å². The number of anilines is 1. The SMILES string of the molecule is CNc1cc(C)c(S(=O)(=O)NCCCS(C)=O)c(C)c1. The average Bonchev–Trinajstić information content (AvgIpc) is 2.33. The Kier molecular flexibility index (Phi) is 6.16. The molecule has 0 saturated carbocycles. The summed E-state index contributed by atoms with van der Waals surface area (Å²) in [5.41, 5.74) is 2.31. The molecule has 0 aliphatic heterocycles. The predicted octanol–water partition coefficient (Wildman–Crippen LogP) is 1.39. The van der Waals surface area contributed by atoms with Crippen molar-refractivity contribution in [3.05, 3.63) is 23.3 Å². The smallest absolute Gasteiger partial charge is 0.241 e. The van der Waals surface area contributed by atoms with Gasteiger partial charge in [-0.3, -0.25) is 4.21 Å². The van der Waals surface area contributed by atoms with Gasteiger partial charge in [-0.05, 0) is 43.5 Å². The van der Waals surface area contributed by atoms with Gasteiger partial charge in [0, 0.05) is 42.1 Å². The molecule has 0 aliphatic carbocycles. The Labute approximate surface area is 123 Å². The van der Waals surface area contributed by atoms with E-state index >= 15 is 0 Å². The Bertz CT molecular complexity index is 575. The van der Waals surface area contributed by atoms with Gasteiger partial charge in [0.2, 0.25) is 10.0 Å². The highest BCUT2D eigenvalue weighted by Gasteiger charge is 2.19. The fourth-order valence-electron chi connectivity index (χ4n) is 2.07. The zero-order valence-electron chi connectivity index (χ0n) is 12.3. The minimum Gasteiger partial charge on any atom is -0.388 e. The number of hydrogen-bond donors (Lipinski definition) is 2. The van der Waals surface area contributed by atoms with Gasteiger partial charge in [-0.2, -0.15) is 0 Å². The first-order valence-electron chi connectivity index (χ1n) is 6.36. The zero-order valence-corrected chi connectivity index (χ0v) is 14.0. The van der Waals surface area contributed by atoms with Crippen LogP contribution < -0.4 is 10.0 Å². The van der Waals surface area contributed by atoms with Crippen LogP contribution in [0.2, 0.25) is 0 Å². The molecule has 1 unspecified atom stereocenters. The maximum absolute atomic E-state index is 12.3. The second-order valence-corrected chi connectivity index (χ2v) is 7.98. The lowest BCUT2D eigenvalue weighted by Gasteiger charge is -2.14. The third-order valence-corrected chi connectivity index (χ3v) is 5.55. The molecule has 0 radical (unpaired) electrons. The predicted molar refractivity (Wildman–Crippen MR) is 84.2 cm³/mol. The van der Waals surface area contributed by atoms with Gasteiger partial charge in [-0.15, -0.1) is 0 Å². The van der Waals surface area contributed by atoms with Crippen molar-refractivity contribution in [2.45, 2.75) is 25.2 Å². The molecule has 2 N–H and O–H groups in total. The summed E-state index contributed by atoms with van der Waals surface area (Å²) in [6.45, 7) is 3.86. The first-order chi connectivity index (χ1) is 9.27. The second kappa shape index (κ2) is 7.19. The van der Waals surface area contributed by atoms with Gasteiger partial charge in [0.25, 0.3) is 0 Å². The number of aryl methyl sites for hydroxylation is 2. The lowest BCUT2D eigenvalue weighted by molar-refractivity contribution is 0.579. The Hall–Kier alpha value is -0.920. The molecular weight excluding hydrogens is 296 g/mol. The molecule has 5 nitrogen and oxygen atoms in total. The molecule has 1 aromatic carbocycles. The summed E-state index contributed by atoms with van der Waals surface area (Å²) in [5.74, 6) is 0.499. The minimum atomic E-state index is -3.52. The standard InChI is InChI=1S/C13H22N2O3S2/c1-10-8-12(14-3)9-11(2)13(10)20(17,18)15-6-5-7-19(4)16/h8-9,14-15H,5-7H2,1-4H3. The quantitative estimate of drug-likeness (QED) is 0.745. The number of benzene rings is 1. The molecule has 0 aliphatic rings. The van der Waals surface area contributed by atoms with Crippen LogP contribution in [0.1, 0.15) is 17.5 Å². The van der Waals surface area contributed by atoms with E-state index < -0.39 is 20.8 Å². The van der Waals surface area contributed by atoms with Crippen LogP contribution >= 0.6 is 0 Å². The molecular formula is C13H22N2O3S2. The summed E-state index contributed by atoms with van der Waals surface area (Å²) in [5, 5.41) is 3.00. The lowest BCUT2D eigenvalue weighted by Crippen LogP contribution is -2.27. The van der Waals surface area contributed by atoms with Crippen molar-refractivity contribution in [2.75, 3.05) is 30.9 Å². The molecule has 20 heavy (non-hydrogen) atoms. The molecule has 0 spiro atoms. The monoisotopic (exact) mass is 318 g/mol. The van der Waals surface area contributed by atoms with Crippen molar-refractivity contribution >= 4 is 26.5 Å². The Morgan fingerprint density at radius 2 is 1.75 bits per heavy atom. The van der Waals surface area contributed by atoms with E-state index in [0.29, 0.717) is 34.7 Å². The highest BCUT2D eigenvalue weighted by molar-refractivity contribution is 7.89. The molecule has 0 heterocycles. The molecule has 0 bridgehead atoms. The van der Waals surface area contributed by atoms with E-state index in [9.17, 15) is 12.6 Å². The van der Waals surface area contributed by atoms with Gasteiger partial charge in [-0.25, -0.2) is 13.1 Å². The molecule has 1 rings (SSSR count). The van der Waals surface area contributed by atoms with Crippen LogP contribution in [0.4, 0.5) is 5.69 Å². The maximum Gasteiger partial charge on any atom is 0.241 e. The van der Waals surface area contributed by atoms with E-state index in [1.165, 1.54) is 0 Å². The molecule has 0 amide bonds. The first kappa shape index (κ1) is 17.1. The number of sulfonamides is 1. The summed E-state index contributed by atoms with van der Waals surface area (Å²) < 4.78 is 38.1. The highest BCUT2D eigenvalue weighted by Crippen LogP contribution is 2.24. The van der Waals surface area contributed by atoms with Gasteiger partial charge in [0.15, 0.2) is 0 Å². The van der Waals surface area contributed by atoms with Crippen molar-refractivity contribution in [1.82, 2.24) is 4.72 Å². The van der Waals surface area contributed by atoms with Crippen molar-refractivity contribution in [3.8, 4) is 0 Å². The van der Waals surface area contributed by atoms with Gasteiger partial charge in [0.05, 0.1) is 4.90 Å². The zero-order chi connectivity index (χ0) is 15.3. The van der Waals surface area contributed by atoms with Crippen molar-refractivity contribution in [3.63, 3.8) is 0 Å². The first-order valence-corrected chi connectivity index (χ1v) is 9.57. The van der Waals surface area contributed by atoms with Crippen LogP contribution in [0.25, 0.3) is 0 Å². The molecule has 0 saturated heterocycles. The van der Waals surface area contributed by atoms with E-state index in [1.54, 1.807) is 27.2 Å². The number of rotatable bonds is 7. The van der Waals surface area contributed by atoms with Crippen LogP contribution in [0.15, 0.2) is 17.0 Å². The van der Waals surface area contributed by atoms with Crippen LogP contribution in [0.3, 0.4) is 0 Å². The maximum atomic E-state index is 12.3. The van der Waals surface area contributed by atoms with Crippen molar-refractivity contribution in [2.24, 2.45) is 0 Å². The summed E-state index contributed by atoms with van der Waals surface area (Å²) in [7, 11) is -2.62. The summed E-state index contributed by atoms with van der Waals surface area (Å²) in [6, 6.07) is 3.62. The van der Waals surface area contributed by atoms with E-state index in [4.69, 9.17) is 0 Å². The van der Waals surface area contributed by atoms with Gasteiger partial charge >= 0.3 is 0 Å². The van der Waals surface area contributed by atoms with Crippen molar-refractivity contribution < 1.29 is 12.6 Å². The highest BCUT2D eigenvalue weighted by atomic mass is 32.2. The summed E-state index contributed by atoms with van der Waals surface area (Å²) >= 11 is 0. The molecule has 114 valence electrons. The largest absolute Gasteiger partial charge is 0.388 e. The second-order valence-electron chi connectivity index (χ2n) is 4.72. The Balaban J connectivity index is 2.90. The molecule has 0 aromatic heterocycles. The molecule has 0 fully saturated rings. The normalized spacial score (nSPS) is 13.2. The van der Waals surface area contributed by atoms with E-state index in [1.807, 2.05) is 12.1 Å². The molecule has 1 aromatic rings. The van der Waals surface area contributed by atoms with E-state index in [0.717, 1.165) is 5.69 Å². The van der Waals surface area contributed by atoms with E-state index in [2.05, 4.69) is 10.0 Å².